The first-order valence-corrected chi connectivity index (χ1v) is 31.1. The molecule has 10 aromatic carbocycles. The van der Waals surface area contributed by atoms with E-state index in [1.165, 1.54) is 73.2 Å². The van der Waals surface area contributed by atoms with Crippen molar-refractivity contribution < 1.29 is 8.83 Å². The lowest BCUT2D eigenvalue weighted by Crippen LogP contribution is -2.61. The molecule has 2 aliphatic carbocycles. The van der Waals surface area contributed by atoms with Crippen LogP contribution in [0.5, 0.6) is 0 Å². The van der Waals surface area contributed by atoms with Crippen LogP contribution in [0, 0.1) is 0 Å². The van der Waals surface area contributed by atoms with Crippen LogP contribution >= 0.6 is 0 Å². The van der Waals surface area contributed by atoms with Crippen LogP contribution in [0.15, 0.2) is 209 Å². The van der Waals surface area contributed by atoms with Crippen molar-refractivity contribution in [3.8, 4) is 55.8 Å². The number of fused-ring (bicyclic) bond motifs is 13. The third-order valence-corrected chi connectivity index (χ3v) is 20.4. The highest BCUT2D eigenvalue weighted by Gasteiger charge is 2.50. The minimum Gasteiger partial charge on any atom is -0.455 e. The number of para-hydroxylation sites is 1. The molecule has 0 saturated heterocycles. The Labute approximate surface area is 507 Å². The average Bonchev–Trinajstić information content (AvgIpc) is 1.23. The van der Waals surface area contributed by atoms with Crippen molar-refractivity contribution >= 4 is 79.1 Å². The summed E-state index contributed by atoms with van der Waals surface area (Å²) in [6.07, 6.45) is 2.33. The molecule has 422 valence electrons. The molecule has 0 saturated carbocycles. The van der Waals surface area contributed by atoms with Gasteiger partial charge in [-0.05, 0) is 173 Å². The minimum absolute atomic E-state index is 0.0430. The molecule has 0 spiro atoms. The topological polar surface area (TPSA) is 32.8 Å². The number of anilines is 5. The van der Waals surface area contributed by atoms with Crippen LogP contribution in [0.3, 0.4) is 0 Å². The normalized spacial score (nSPS) is 16.0. The summed E-state index contributed by atoms with van der Waals surface area (Å²) in [6.45, 7) is 28.4. The smallest absolute Gasteiger partial charge is 0.333 e. The van der Waals surface area contributed by atoms with Crippen molar-refractivity contribution in [1.82, 2.24) is 0 Å². The Kier molecular flexibility index (Phi) is 11.1. The molecule has 0 atom stereocenters. The van der Waals surface area contributed by atoms with Crippen molar-refractivity contribution in [3.63, 3.8) is 0 Å². The van der Waals surface area contributed by atoms with E-state index < -0.39 is 0 Å². The summed E-state index contributed by atoms with van der Waals surface area (Å²) in [5, 5.41) is 3.25. The zero-order chi connectivity index (χ0) is 59.1. The largest absolute Gasteiger partial charge is 0.455 e. The van der Waals surface area contributed by atoms with E-state index in [1.807, 2.05) is 0 Å². The fourth-order valence-electron chi connectivity index (χ4n) is 15.5. The lowest BCUT2D eigenvalue weighted by atomic mass is 9.43. The Bertz CT molecular complexity index is 4800. The van der Waals surface area contributed by atoms with Gasteiger partial charge in [-0.2, -0.15) is 0 Å². The van der Waals surface area contributed by atoms with Crippen molar-refractivity contribution in [2.24, 2.45) is 0 Å². The molecular weight excluding hydrogens is 1040 g/mol. The van der Waals surface area contributed by atoms with Crippen molar-refractivity contribution in [1.29, 1.82) is 0 Å². The molecule has 0 fully saturated rings. The van der Waals surface area contributed by atoms with E-state index in [9.17, 15) is 0 Å². The summed E-state index contributed by atoms with van der Waals surface area (Å²) in [6, 6.07) is 75.7. The second kappa shape index (κ2) is 18.1. The van der Waals surface area contributed by atoms with Gasteiger partial charge in [0.25, 0.3) is 0 Å². The third kappa shape index (κ3) is 7.68. The fraction of sp³-hybridized carbons (Fsp3) is 0.235. The summed E-state index contributed by atoms with van der Waals surface area (Å²) in [5.74, 6) is 0.854. The molecule has 4 heterocycles. The van der Waals surface area contributed by atoms with Gasteiger partial charge in [0.15, 0.2) is 5.58 Å². The Hall–Kier alpha value is -8.80. The Morgan fingerprint density at radius 1 is 0.419 bits per heavy atom. The van der Waals surface area contributed by atoms with Crippen LogP contribution in [-0.2, 0) is 27.1 Å². The zero-order valence-corrected chi connectivity index (χ0v) is 51.8. The van der Waals surface area contributed by atoms with Gasteiger partial charge in [-0.3, -0.25) is 0 Å². The number of hydrogen-bond acceptors (Lipinski definition) is 4. The molecule has 16 rings (SSSR count). The van der Waals surface area contributed by atoms with Crippen LogP contribution < -0.4 is 20.6 Å². The predicted octanol–water partition coefficient (Wildman–Crippen LogP) is 21.3. The van der Waals surface area contributed by atoms with E-state index in [4.69, 9.17) is 8.83 Å². The Morgan fingerprint density at radius 3 is 1.69 bits per heavy atom. The highest BCUT2D eigenvalue weighted by molar-refractivity contribution is 6.94. The third-order valence-electron chi connectivity index (χ3n) is 20.4. The highest BCUT2D eigenvalue weighted by Crippen LogP contribution is 2.60. The maximum atomic E-state index is 7.50. The van der Waals surface area contributed by atoms with Crippen molar-refractivity contribution in [2.45, 2.75) is 123 Å². The summed E-state index contributed by atoms with van der Waals surface area (Å²) >= 11 is 0. The Balaban J connectivity index is 1.09. The first-order valence-electron chi connectivity index (χ1n) is 31.1. The first kappa shape index (κ1) is 52.7. The molecule has 5 heteroatoms. The molecule has 4 nitrogen and oxygen atoms in total. The maximum Gasteiger partial charge on any atom is 0.333 e. The summed E-state index contributed by atoms with van der Waals surface area (Å²) in [4.78, 5) is 5.29. The molecule has 0 bridgehead atoms. The average molecular weight is 1120 g/mol. The maximum absolute atomic E-state index is 7.50. The quantitative estimate of drug-likeness (QED) is 0.161. The standard InChI is InChI=1S/C81H73BN2O2/c1-77(2,3)51-32-35-53(36-33-51)84-68-46-63-56(57-43-64-65(45-62(57)81(63,11)12)80(9,10)39-38-79(64,7)8)41-58(68)59-42-60-54-30-22-23-31-70(54)85-76(60)74-73(59)82(84)66-47-71-61(72(49-26-18-14-19-27-49)75(86-71)50-28-20-15-21-29-50)44-69(66)83(74)67-37-34-52(78(4,5)6)40-55(67)48-24-16-13-17-25-48/h13-37,40-47H,38-39H2,1-12H3. The predicted molar refractivity (Wildman–Crippen MR) is 364 cm³/mol. The van der Waals surface area contributed by atoms with Gasteiger partial charge in [-0.1, -0.05) is 217 Å². The molecule has 0 radical (unpaired) electrons. The van der Waals surface area contributed by atoms with Crippen LogP contribution in [0.4, 0.5) is 28.4 Å². The first-order chi connectivity index (χ1) is 41.2. The molecule has 12 aromatic rings. The van der Waals surface area contributed by atoms with Gasteiger partial charge in [-0.15, -0.1) is 0 Å². The number of rotatable bonds is 5. The van der Waals surface area contributed by atoms with Gasteiger partial charge in [0, 0.05) is 60.9 Å². The van der Waals surface area contributed by atoms with E-state index >= 15 is 0 Å². The second-order valence-electron chi connectivity index (χ2n) is 29.1. The van der Waals surface area contributed by atoms with E-state index in [2.05, 4.69) is 293 Å². The summed E-state index contributed by atoms with van der Waals surface area (Å²) < 4.78 is 14.9. The van der Waals surface area contributed by atoms with Crippen LogP contribution in [0.2, 0.25) is 0 Å². The van der Waals surface area contributed by atoms with Gasteiger partial charge in [0.1, 0.15) is 16.9 Å². The summed E-state index contributed by atoms with van der Waals surface area (Å²) in [5.41, 5.74) is 29.2. The van der Waals surface area contributed by atoms with Crippen LogP contribution in [0.1, 0.15) is 129 Å². The summed E-state index contributed by atoms with van der Waals surface area (Å²) in [7, 11) is 0. The Morgan fingerprint density at radius 2 is 1.01 bits per heavy atom. The molecule has 0 unspecified atom stereocenters. The molecule has 0 N–H and O–H groups in total. The number of benzene rings is 10. The van der Waals surface area contributed by atoms with E-state index in [1.54, 1.807) is 0 Å². The lowest BCUT2D eigenvalue weighted by molar-refractivity contribution is 0.331. The fourth-order valence-corrected chi connectivity index (χ4v) is 15.5. The molecule has 0 amide bonds. The van der Waals surface area contributed by atoms with Gasteiger partial charge >= 0.3 is 6.85 Å². The number of furan rings is 2. The van der Waals surface area contributed by atoms with Crippen molar-refractivity contribution in [3.05, 3.63) is 234 Å². The van der Waals surface area contributed by atoms with Gasteiger partial charge in [0.2, 0.25) is 0 Å². The van der Waals surface area contributed by atoms with E-state index in [0.717, 1.165) is 101 Å². The van der Waals surface area contributed by atoms with E-state index in [-0.39, 0.29) is 33.9 Å². The highest BCUT2D eigenvalue weighted by atomic mass is 16.3. The molecular formula is C81H73BN2O2. The monoisotopic (exact) mass is 1120 g/mol. The molecule has 86 heavy (non-hydrogen) atoms. The van der Waals surface area contributed by atoms with Gasteiger partial charge in [-0.25, -0.2) is 0 Å². The lowest BCUT2D eigenvalue weighted by Gasteiger charge is -2.46. The second-order valence-corrected chi connectivity index (χ2v) is 29.1. The zero-order valence-electron chi connectivity index (χ0n) is 51.8. The van der Waals surface area contributed by atoms with Crippen molar-refractivity contribution in [2.75, 3.05) is 9.71 Å². The van der Waals surface area contributed by atoms with E-state index in [0.29, 0.717) is 0 Å². The number of hydrogen-bond donors (Lipinski definition) is 0. The SMILES string of the molecule is CC(C)(C)c1ccc(N2B3c4cc5oc(-c6ccccc6)c(-c6ccccc6)c5cc4N(c4ccc(C(C)(C)C)cc4-c4ccccc4)c4c3c(cc3c4oc4ccccc43)-c3cc4c(cc32)C(C)(C)c2cc3c(cc2-4)C(C)(C)CCC3(C)C)cc1. The van der Waals surface area contributed by atoms with Gasteiger partial charge in [0.05, 0.1) is 11.4 Å². The minimum atomic E-state index is -0.334. The molecule has 4 aliphatic rings. The van der Waals surface area contributed by atoms with Gasteiger partial charge < -0.3 is 18.5 Å². The van der Waals surface area contributed by atoms with Crippen LogP contribution in [-0.4, -0.2) is 6.85 Å². The molecule has 2 aliphatic heterocycles. The number of nitrogens with zero attached hydrogens (tertiary/aromatic N) is 2. The molecule has 2 aromatic heterocycles. The van der Waals surface area contributed by atoms with Crippen LogP contribution in [0.25, 0.3) is 88.7 Å².